The van der Waals surface area contributed by atoms with Gasteiger partial charge in [0.15, 0.2) is 0 Å². The van der Waals surface area contributed by atoms with Crippen molar-refractivity contribution in [1.29, 1.82) is 0 Å². The third-order valence-electron chi connectivity index (χ3n) is 2.50. The molecule has 0 saturated heterocycles. The fourth-order valence-electron chi connectivity index (χ4n) is 1.59. The topological polar surface area (TPSA) is 103 Å². The van der Waals surface area contributed by atoms with Crippen molar-refractivity contribution in [1.82, 2.24) is 14.8 Å². The number of benzene rings is 1. The number of aromatic nitrogens is 3. The lowest BCUT2D eigenvalue weighted by atomic mass is 10.1. The summed E-state index contributed by atoms with van der Waals surface area (Å²) in [5.41, 5.74) is 0.280. The zero-order valence-corrected chi connectivity index (χ0v) is 10.1. The number of aryl methyl sites for hydroxylation is 1. The molecule has 0 aliphatic rings. The van der Waals surface area contributed by atoms with Gasteiger partial charge in [-0.3, -0.25) is 20.2 Å². The SMILES string of the molecule is Cn1ncnc1NC(=O)Cc1ccccc1[N+](=O)[O-]. The minimum Gasteiger partial charge on any atom is -0.294 e. The van der Waals surface area contributed by atoms with Gasteiger partial charge in [0.25, 0.3) is 5.69 Å². The van der Waals surface area contributed by atoms with E-state index in [4.69, 9.17) is 0 Å². The Hall–Kier alpha value is -2.77. The van der Waals surface area contributed by atoms with Crippen LogP contribution in [0.5, 0.6) is 0 Å². The number of nitrogens with one attached hydrogen (secondary N) is 1. The highest BCUT2D eigenvalue weighted by Gasteiger charge is 2.16. The molecule has 0 saturated carbocycles. The van der Waals surface area contributed by atoms with Gasteiger partial charge >= 0.3 is 0 Å². The predicted octanol–water partition coefficient (Wildman–Crippen LogP) is 0.904. The Kier molecular flexibility index (Phi) is 3.51. The summed E-state index contributed by atoms with van der Waals surface area (Å²) < 4.78 is 1.40. The van der Waals surface area contributed by atoms with E-state index >= 15 is 0 Å². The first-order valence-electron chi connectivity index (χ1n) is 5.44. The largest absolute Gasteiger partial charge is 0.294 e. The zero-order chi connectivity index (χ0) is 13.8. The number of carbonyl (C=O) groups is 1. The van der Waals surface area contributed by atoms with E-state index in [0.29, 0.717) is 11.5 Å². The molecular formula is C11H11N5O3. The van der Waals surface area contributed by atoms with Crippen molar-refractivity contribution in [3.05, 3.63) is 46.3 Å². The van der Waals surface area contributed by atoms with E-state index in [1.807, 2.05) is 0 Å². The second-order valence-electron chi connectivity index (χ2n) is 3.82. The minimum atomic E-state index is -0.509. The molecule has 8 nitrogen and oxygen atoms in total. The molecule has 0 spiro atoms. The van der Waals surface area contributed by atoms with Crippen molar-refractivity contribution < 1.29 is 9.72 Å². The summed E-state index contributed by atoms with van der Waals surface area (Å²) in [4.78, 5) is 25.9. The van der Waals surface area contributed by atoms with E-state index < -0.39 is 4.92 Å². The molecule has 0 aliphatic carbocycles. The molecule has 1 aromatic carbocycles. The van der Waals surface area contributed by atoms with Gasteiger partial charge in [0.1, 0.15) is 6.33 Å². The highest BCUT2D eigenvalue weighted by Crippen LogP contribution is 2.18. The number of hydrogen-bond donors (Lipinski definition) is 1. The summed E-state index contributed by atoms with van der Waals surface area (Å²) in [6, 6.07) is 6.12. The van der Waals surface area contributed by atoms with Gasteiger partial charge in [0.05, 0.1) is 11.3 Å². The van der Waals surface area contributed by atoms with Crippen LogP contribution in [0.15, 0.2) is 30.6 Å². The van der Waals surface area contributed by atoms with Crippen LogP contribution in [0.1, 0.15) is 5.56 Å². The van der Waals surface area contributed by atoms with Crippen LogP contribution in [0.3, 0.4) is 0 Å². The maximum Gasteiger partial charge on any atom is 0.273 e. The number of nitro benzene ring substituents is 1. The second-order valence-corrected chi connectivity index (χ2v) is 3.82. The Balaban J connectivity index is 2.11. The number of nitro groups is 1. The quantitative estimate of drug-likeness (QED) is 0.650. The molecule has 0 radical (unpaired) electrons. The molecule has 98 valence electrons. The molecule has 2 rings (SSSR count). The molecule has 0 unspecified atom stereocenters. The van der Waals surface area contributed by atoms with Crippen LogP contribution in [-0.4, -0.2) is 25.6 Å². The third-order valence-corrected chi connectivity index (χ3v) is 2.50. The zero-order valence-electron chi connectivity index (χ0n) is 10.1. The summed E-state index contributed by atoms with van der Waals surface area (Å²) in [6.45, 7) is 0. The number of carbonyl (C=O) groups excluding carboxylic acids is 1. The van der Waals surface area contributed by atoms with Crippen molar-refractivity contribution in [3.63, 3.8) is 0 Å². The Morgan fingerprint density at radius 2 is 2.21 bits per heavy atom. The van der Waals surface area contributed by atoms with Crippen molar-refractivity contribution in [3.8, 4) is 0 Å². The monoisotopic (exact) mass is 261 g/mol. The van der Waals surface area contributed by atoms with Gasteiger partial charge in [-0.05, 0) is 0 Å². The van der Waals surface area contributed by atoms with Crippen molar-refractivity contribution in [2.24, 2.45) is 7.05 Å². The fraction of sp³-hybridized carbons (Fsp3) is 0.182. The Labute approximate surface area is 108 Å². The van der Waals surface area contributed by atoms with Gasteiger partial charge in [-0.2, -0.15) is 10.1 Å². The van der Waals surface area contributed by atoms with Gasteiger partial charge in [0, 0.05) is 18.7 Å². The van der Waals surface area contributed by atoms with Crippen LogP contribution >= 0.6 is 0 Å². The number of nitrogens with zero attached hydrogens (tertiary/aromatic N) is 4. The Morgan fingerprint density at radius 1 is 1.47 bits per heavy atom. The van der Waals surface area contributed by atoms with Gasteiger partial charge < -0.3 is 0 Å². The number of amides is 1. The molecular weight excluding hydrogens is 250 g/mol. The predicted molar refractivity (Wildman–Crippen MR) is 66.4 cm³/mol. The van der Waals surface area contributed by atoms with Gasteiger partial charge in [0.2, 0.25) is 11.9 Å². The standard InChI is InChI=1S/C11H11N5O3/c1-15-11(12-7-13-15)14-10(17)6-8-4-2-3-5-9(8)16(18)19/h2-5,7H,6H2,1H3,(H,12,13,14,17). The molecule has 1 amide bonds. The second kappa shape index (κ2) is 5.25. The van der Waals surface area contributed by atoms with E-state index in [0.717, 1.165) is 0 Å². The minimum absolute atomic E-state index is 0.0735. The van der Waals surface area contributed by atoms with Crippen LogP contribution in [-0.2, 0) is 18.3 Å². The molecule has 1 aromatic heterocycles. The molecule has 0 aliphatic heterocycles. The first kappa shape index (κ1) is 12.7. The number of anilines is 1. The highest BCUT2D eigenvalue weighted by atomic mass is 16.6. The summed E-state index contributed by atoms with van der Waals surface area (Å²) in [6.07, 6.45) is 1.21. The van der Waals surface area contributed by atoms with E-state index in [-0.39, 0.29) is 18.0 Å². The lowest BCUT2D eigenvalue weighted by molar-refractivity contribution is -0.385. The van der Waals surface area contributed by atoms with E-state index in [1.54, 1.807) is 25.2 Å². The third kappa shape index (κ3) is 2.92. The fourth-order valence-corrected chi connectivity index (χ4v) is 1.59. The summed E-state index contributed by atoms with van der Waals surface area (Å²) in [5, 5.41) is 17.2. The van der Waals surface area contributed by atoms with Gasteiger partial charge in [-0.15, -0.1) is 0 Å². The van der Waals surface area contributed by atoms with E-state index in [1.165, 1.54) is 17.1 Å². The molecule has 1 heterocycles. The smallest absolute Gasteiger partial charge is 0.273 e. The average Bonchev–Trinajstić information content (AvgIpc) is 2.75. The first-order chi connectivity index (χ1) is 9.08. The number of para-hydroxylation sites is 1. The van der Waals surface area contributed by atoms with E-state index in [9.17, 15) is 14.9 Å². The van der Waals surface area contributed by atoms with Crippen LogP contribution in [0, 0.1) is 10.1 Å². The van der Waals surface area contributed by atoms with Crippen LogP contribution in [0.4, 0.5) is 11.6 Å². The van der Waals surface area contributed by atoms with Crippen LogP contribution < -0.4 is 5.32 Å². The number of hydrogen-bond acceptors (Lipinski definition) is 5. The van der Waals surface area contributed by atoms with Crippen molar-refractivity contribution in [2.45, 2.75) is 6.42 Å². The summed E-state index contributed by atoms with van der Waals surface area (Å²) in [5.74, 6) is -0.0889. The lowest BCUT2D eigenvalue weighted by Gasteiger charge is -2.04. The van der Waals surface area contributed by atoms with Gasteiger partial charge in [-0.25, -0.2) is 4.68 Å². The average molecular weight is 261 g/mol. The maximum absolute atomic E-state index is 11.8. The van der Waals surface area contributed by atoms with Crippen molar-refractivity contribution in [2.75, 3.05) is 5.32 Å². The van der Waals surface area contributed by atoms with Gasteiger partial charge in [-0.1, -0.05) is 18.2 Å². The summed E-state index contributed by atoms with van der Waals surface area (Å²) >= 11 is 0. The molecule has 0 fully saturated rings. The first-order valence-corrected chi connectivity index (χ1v) is 5.44. The normalized spacial score (nSPS) is 10.2. The van der Waals surface area contributed by atoms with Crippen LogP contribution in [0.2, 0.25) is 0 Å². The van der Waals surface area contributed by atoms with Crippen LogP contribution in [0.25, 0.3) is 0 Å². The lowest BCUT2D eigenvalue weighted by Crippen LogP contribution is -2.18. The molecule has 19 heavy (non-hydrogen) atoms. The van der Waals surface area contributed by atoms with Crippen molar-refractivity contribution >= 4 is 17.5 Å². The molecule has 0 bridgehead atoms. The molecule has 8 heteroatoms. The maximum atomic E-state index is 11.8. The highest BCUT2D eigenvalue weighted by molar-refractivity contribution is 5.91. The molecule has 2 aromatic rings. The summed E-state index contributed by atoms with van der Waals surface area (Å²) in [7, 11) is 1.63. The molecule has 0 atom stereocenters. The van der Waals surface area contributed by atoms with E-state index in [2.05, 4.69) is 15.4 Å². The Bertz CT molecular complexity index is 622. The Morgan fingerprint density at radius 3 is 2.84 bits per heavy atom. The molecule has 1 N–H and O–H groups in total. The number of rotatable bonds is 4.